The molecule has 5 heteroatoms. The first-order chi connectivity index (χ1) is 9.38. The maximum atomic E-state index is 5.33. The van der Waals surface area contributed by atoms with Gasteiger partial charge >= 0.3 is 0 Å². The lowest BCUT2D eigenvalue weighted by Crippen LogP contribution is -2.08. The molecule has 19 heavy (non-hydrogen) atoms. The van der Waals surface area contributed by atoms with Crippen LogP contribution in [0, 0.1) is 0 Å². The molecule has 5 nitrogen and oxygen atoms in total. The van der Waals surface area contributed by atoms with Crippen molar-refractivity contribution in [3.8, 4) is 0 Å². The summed E-state index contributed by atoms with van der Waals surface area (Å²) in [6.45, 7) is 0. The normalized spacial score (nSPS) is 15.8. The van der Waals surface area contributed by atoms with E-state index >= 15 is 0 Å². The van der Waals surface area contributed by atoms with Gasteiger partial charge in [0, 0.05) is 17.7 Å². The summed E-state index contributed by atoms with van der Waals surface area (Å²) >= 11 is 0. The Labute approximate surface area is 110 Å². The smallest absolute Gasteiger partial charge is 0.229 e. The van der Waals surface area contributed by atoms with Crippen LogP contribution >= 0.6 is 0 Å². The molecule has 0 aliphatic heterocycles. The van der Waals surface area contributed by atoms with E-state index in [2.05, 4.69) is 38.5 Å². The van der Waals surface area contributed by atoms with Crippen molar-refractivity contribution in [1.29, 1.82) is 0 Å². The third kappa shape index (κ3) is 1.91. The number of rotatable bonds is 3. The first-order valence-electron chi connectivity index (χ1n) is 6.63. The van der Waals surface area contributed by atoms with Crippen LogP contribution < -0.4 is 0 Å². The predicted molar refractivity (Wildman–Crippen MR) is 69.8 cm³/mol. The van der Waals surface area contributed by atoms with Gasteiger partial charge in [-0.05, 0) is 24.5 Å². The van der Waals surface area contributed by atoms with E-state index in [-0.39, 0.29) is 0 Å². The Morgan fingerprint density at radius 3 is 3.11 bits per heavy atom. The van der Waals surface area contributed by atoms with E-state index in [0.717, 1.165) is 28.2 Å². The van der Waals surface area contributed by atoms with E-state index < -0.39 is 0 Å². The van der Waals surface area contributed by atoms with Crippen molar-refractivity contribution >= 4 is 10.9 Å². The molecule has 3 aromatic rings. The molecule has 0 saturated heterocycles. The number of benzene rings is 1. The summed E-state index contributed by atoms with van der Waals surface area (Å²) in [5.41, 5.74) is 2.21. The van der Waals surface area contributed by atoms with Gasteiger partial charge in [-0.15, -0.1) is 0 Å². The molecule has 1 aliphatic carbocycles. The van der Waals surface area contributed by atoms with Gasteiger partial charge in [-0.3, -0.25) is 5.10 Å². The zero-order valence-electron chi connectivity index (χ0n) is 10.5. The third-order valence-corrected chi connectivity index (χ3v) is 3.81. The monoisotopic (exact) mass is 254 g/mol. The van der Waals surface area contributed by atoms with Gasteiger partial charge in [0.05, 0.1) is 11.7 Å². The minimum atomic E-state index is 0.497. The lowest BCUT2D eigenvalue weighted by Gasteiger charge is -2.20. The van der Waals surface area contributed by atoms with Crippen LogP contribution in [0.25, 0.3) is 10.9 Å². The third-order valence-electron chi connectivity index (χ3n) is 3.81. The van der Waals surface area contributed by atoms with Crippen molar-refractivity contribution in [1.82, 2.24) is 20.3 Å². The van der Waals surface area contributed by atoms with Crippen molar-refractivity contribution in [3.63, 3.8) is 0 Å². The highest BCUT2D eigenvalue weighted by Gasteiger charge is 2.25. The number of H-pyrrole nitrogens is 1. The highest BCUT2D eigenvalue weighted by Crippen LogP contribution is 2.35. The number of hydrogen-bond acceptors (Lipinski definition) is 4. The second kappa shape index (κ2) is 4.19. The largest absolute Gasteiger partial charge is 0.339 e. The summed E-state index contributed by atoms with van der Waals surface area (Å²) in [6.07, 6.45) is 6.16. The fourth-order valence-corrected chi connectivity index (χ4v) is 2.44. The Morgan fingerprint density at radius 2 is 2.26 bits per heavy atom. The molecule has 2 heterocycles. The maximum Gasteiger partial charge on any atom is 0.229 e. The molecule has 1 saturated carbocycles. The second-order valence-corrected chi connectivity index (χ2v) is 5.15. The number of hydrogen-bond donors (Lipinski definition) is 1. The van der Waals surface area contributed by atoms with E-state index in [9.17, 15) is 0 Å². The van der Waals surface area contributed by atoms with Gasteiger partial charge in [-0.25, -0.2) is 0 Å². The average Bonchev–Trinajstić information content (AvgIpc) is 2.96. The van der Waals surface area contributed by atoms with Gasteiger partial charge in [0.1, 0.15) is 0 Å². The van der Waals surface area contributed by atoms with E-state index in [1.807, 2.05) is 6.20 Å². The SMILES string of the molecule is c1cc2cn[nH]c2cc1Cc1noc(C2CCC2)n1. The van der Waals surface area contributed by atoms with Crippen molar-refractivity contribution < 1.29 is 4.52 Å². The Kier molecular flexibility index (Phi) is 2.36. The zero-order chi connectivity index (χ0) is 12.7. The van der Waals surface area contributed by atoms with Crippen LogP contribution in [0.1, 0.15) is 42.5 Å². The van der Waals surface area contributed by atoms with Gasteiger partial charge in [-0.1, -0.05) is 23.7 Å². The topological polar surface area (TPSA) is 67.6 Å². The lowest BCUT2D eigenvalue weighted by atomic mass is 9.85. The maximum absolute atomic E-state index is 5.33. The molecule has 0 amide bonds. The first-order valence-corrected chi connectivity index (χ1v) is 6.63. The van der Waals surface area contributed by atoms with Crippen LogP contribution in [0.4, 0.5) is 0 Å². The van der Waals surface area contributed by atoms with Crippen LogP contribution in [0.15, 0.2) is 28.9 Å². The first kappa shape index (κ1) is 10.7. The van der Waals surface area contributed by atoms with E-state index in [0.29, 0.717) is 12.3 Å². The highest BCUT2D eigenvalue weighted by molar-refractivity contribution is 5.78. The number of nitrogens with one attached hydrogen (secondary N) is 1. The van der Waals surface area contributed by atoms with E-state index in [4.69, 9.17) is 4.52 Å². The van der Waals surface area contributed by atoms with Gasteiger partial charge in [0.25, 0.3) is 0 Å². The molecule has 1 fully saturated rings. The molecule has 0 unspecified atom stereocenters. The summed E-state index contributed by atoms with van der Waals surface area (Å²) in [6, 6.07) is 6.22. The number of aromatic nitrogens is 4. The quantitative estimate of drug-likeness (QED) is 0.780. The van der Waals surface area contributed by atoms with Crippen LogP contribution in [-0.4, -0.2) is 20.3 Å². The molecule has 0 spiro atoms. The van der Waals surface area contributed by atoms with E-state index in [1.165, 1.54) is 19.3 Å². The molecule has 1 N–H and O–H groups in total. The fourth-order valence-electron chi connectivity index (χ4n) is 2.44. The Balaban J connectivity index is 1.57. The fraction of sp³-hybridized carbons (Fsp3) is 0.357. The number of fused-ring (bicyclic) bond motifs is 1. The Bertz CT molecular complexity index is 711. The Morgan fingerprint density at radius 1 is 1.32 bits per heavy atom. The van der Waals surface area contributed by atoms with Crippen molar-refractivity contribution in [2.75, 3.05) is 0 Å². The predicted octanol–water partition coefficient (Wildman–Crippen LogP) is 2.80. The molecule has 0 bridgehead atoms. The van der Waals surface area contributed by atoms with Gasteiger partial charge in [0.15, 0.2) is 5.82 Å². The van der Waals surface area contributed by atoms with Gasteiger partial charge in [-0.2, -0.15) is 10.1 Å². The highest BCUT2D eigenvalue weighted by atomic mass is 16.5. The standard InChI is InChI=1S/C14H14N4O/c1-2-10(3-1)14-16-13(18-19-14)7-9-4-5-11-8-15-17-12(11)6-9/h4-6,8,10H,1-3,7H2,(H,15,17). The summed E-state index contributed by atoms with van der Waals surface area (Å²) in [4.78, 5) is 4.49. The van der Waals surface area contributed by atoms with Crippen LogP contribution in [0.2, 0.25) is 0 Å². The van der Waals surface area contributed by atoms with Crippen molar-refractivity contribution in [3.05, 3.63) is 41.7 Å². The Hall–Kier alpha value is -2.17. The van der Waals surface area contributed by atoms with Gasteiger partial charge in [0.2, 0.25) is 5.89 Å². The molecule has 1 aliphatic rings. The van der Waals surface area contributed by atoms with Crippen molar-refractivity contribution in [2.24, 2.45) is 0 Å². The summed E-state index contributed by atoms with van der Waals surface area (Å²) in [5, 5.41) is 12.2. The summed E-state index contributed by atoms with van der Waals surface area (Å²) < 4.78 is 5.33. The molecule has 0 radical (unpaired) electrons. The molecule has 96 valence electrons. The number of aromatic amines is 1. The lowest BCUT2D eigenvalue weighted by molar-refractivity contribution is 0.291. The minimum Gasteiger partial charge on any atom is -0.339 e. The molecular weight excluding hydrogens is 240 g/mol. The summed E-state index contributed by atoms with van der Waals surface area (Å²) in [5.74, 6) is 2.07. The molecular formula is C14H14N4O. The molecule has 2 aromatic heterocycles. The second-order valence-electron chi connectivity index (χ2n) is 5.15. The van der Waals surface area contributed by atoms with Gasteiger partial charge < -0.3 is 4.52 Å². The van der Waals surface area contributed by atoms with Crippen LogP contribution in [-0.2, 0) is 6.42 Å². The van der Waals surface area contributed by atoms with Crippen molar-refractivity contribution in [2.45, 2.75) is 31.6 Å². The molecule has 0 atom stereocenters. The average molecular weight is 254 g/mol. The van der Waals surface area contributed by atoms with Crippen LogP contribution in [0.3, 0.4) is 0 Å². The minimum absolute atomic E-state index is 0.497. The van der Waals surface area contributed by atoms with Crippen LogP contribution in [0.5, 0.6) is 0 Å². The molecule has 4 rings (SSSR count). The zero-order valence-corrected chi connectivity index (χ0v) is 10.5. The van der Waals surface area contributed by atoms with E-state index in [1.54, 1.807) is 0 Å². The summed E-state index contributed by atoms with van der Waals surface area (Å²) in [7, 11) is 0. The molecule has 1 aromatic carbocycles. The number of nitrogens with zero attached hydrogens (tertiary/aromatic N) is 3.